The maximum Gasteiger partial charge on any atom is 0.385 e. The van der Waals surface area contributed by atoms with E-state index in [0.717, 1.165) is 0 Å². The van der Waals surface area contributed by atoms with E-state index < -0.39 is 0 Å². The average Bonchev–Trinajstić information content (AvgIpc) is 2.05. The molecule has 1 heterocycles. The first-order chi connectivity index (χ1) is 4.84. The lowest BCUT2D eigenvalue weighted by molar-refractivity contribution is -0.136. The second-order valence-electron chi connectivity index (χ2n) is 1.78. The van der Waals surface area contributed by atoms with Gasteiger partial charge < -0.3 is 4.74 Å². The van der Waals surface area contributed by atoms with E-state index in [2.05, 4.69) is 4.98 Å². The number of aromatic nitrogens is 1. The van der Waals surface area contributed by atoms with Gasteiger partial charge in [-0.3, -0.25) is 0 Å². The third-order valence-corrected chi connectivity index (χ3v) is 1.14. The number of ether oxygens (including phenoxy) is 1. The predicted octanol–water partition coefficient (Wildman–Crippen LogP) is -0.766. The van der Waals surface area contributed by atoms with E-state index in [4.69, 9.17) is 10.1 Å². The summed E-state index contributed by atoms with van der Waals surface area (Å²) in [5, 5.41) is 5.43. The molecule has 0 fully saturated rings. The SMILES string of the molecule is COC(=[NH2+])c1ccccn1. The number of nitrogens with two attached hydrogens (primary N) is 1. The summed E-state index contributed by atoms with van der Waals surface area (Å²) in [6.45, 7) is 0. The molecule has 3 nitrogen and oxygen atoms in total. The standard InChI is InChI=1S/C7H8N2O/c1-10-7(8)6-4-2-3-5-9-6/h2-5,8H,1H3/p+1. The Hall–Kier alpha value is -1.38. The van der Waals surface area contributed by atoms with Crippen LogP contribution < -0.4 is 5.41 Å². The van der Waals surface area contributed by atoms with Crippen LogP contribution in [0.4, 0.5) is 0 Å². The van der Waals surface area contributed by atoms with Crippen LogP contribution in [0.15, 0.2) is 24.4 Å². The molecule has 0 aliphatic rings. The Labute approximate surface area is 59.2 Å². The number of hydrogen-bond donors (Lipinski definition) is 1. The van der Waals surface area contributed by atoms with Gasteiger partial charge in [0, 0.05) is 6.20 Å². The summed E-state index contributed by atoms with van der Waals surface area (Å²) in [6.07, 6.45) is 1.67. The molecule has 0 aromatic carbocycles. The van der Waals surface area contributed by atoms with Crippen LogP contribution in [-0.4, -0.2) is 18.0 Å². The van der Waals surface area contributed by atoms with E-state index in [9.17, 15) is 0 Å². The molecule has 0 bridgehead atoms. The molecule has 1 rings (SSSR count). The maximum atomic E-state index is 5.43. The quantitative estimate of drug-likeness (QED) is 0.408. The zero-order chi connectivity index (χ0) is 7.40. The molecule has 0 aliphatic carbocycles. The van der Waals surface area contributed by atoms with Crippen molar-refractivity contribution in [3.63, 3.8) is 0 Å². The Bertz CT molecular complexity index is 220. The van der Waals surface area contributed by atoms with E-state index in [0.29, 0.717) is 11.6 Å². The van der Waals surface area contributed by atoms with Gasteiger partial charge in [0.1, 0.15) is 0 Å². The van der Waals surface area contributed by atoms with E-state index >= 15 is 0 Å². The van der Waals surface area contributed by atoms with Crippen molar-refractivity contribution < 1.29 is 10.1 Å². The molecule has 1 aromatic heterocycles. The fourth-order valence-corrected chi connectivity index (χ4v) is 0.613. The third-order valence-electron chi connectivity index (χ3n) is 1.14. The molecular weight excluding hydrogens is 128 g/mol. The molecule has 0 saturated carbocycles. The Morgan fingerprint density at radius 3 is 2.90 bits per heavy atom. The molecule has 52 valence electrons. The normalized spacial score (nSPS) is 8.90. The third kappa shape index (κ3) is 1.31. The van der Waals surface area contributed by atoms with Crippen LogP contribution in [0.1, 0.15) is 5.69 Å². The molecule has 0 saturated heterocycles. The summed E-state index contributed by atoms with van der Waals surface area (Å²) in [5.74, 6) is 0.348. The van der Waals surface area contributed by atoms with Gasteiger partial charge >= 0.3 is 5.90 Å². The lowest BCUT2D eigenvalue weighted by Crippen LogP contribution is -2.41. The lowest BCUT2D eigenvalue weighted by Gasteiger charge is -1.92. The fourth-order valence-electron chi connectivity index (χ4n) is 0.613. The maximum absolute atomic E-state index is 5.43. The highest BCUT2D eigenvalue weighted by atomic mass is 16.5. The van der Waals surface area contributed by atoms with Gasteiger partial charge in [0.15, 0.2) is 5.69 Å². The van der Waals surface area contributed by atoms with Crippen molar-refractivity contribution in [2.24, 2.45) is 0 Å². The summed E-state index contributed by atoms with van der Waals surface area (Å²) in [4.78, 5) is 3.96. The van der Waals surface area contributed by atoms with Crippen molar-refractivity contribution in [3.05, 3.63) is 30.1 Å². The van der Waals surface area contributed by atoms with Gasteiger partial charge in [-0.05, 0) is 12.1 Å². The lowest BCUT2D eigenvalue weighted by atomic mass is 10.3. The first kappa shape index (κ1) is 6.74. The Morgan fingerprint density at radius 2 is 2.40 bits per heavy atom. The Morgan fingerprint density at radius 1 is 1.60 bits per heavy atom. The van der Waals surface area contributed by atoms with Crippen LogP contribution in [-0.2, 0) is 4.74 Å². The minimum Gasteiger partial charge on any atom is -0.447 e. The molecule has 10 heavy (non-hydrogen) atoms. The molecule has 0 amide bonds. The molecule has 2 N–H and O–H groups in total. The molecule has 3 heteroatoms. The van der Waals surface area contributed by atoms with Gasteiger partial charge in [0.05, 0.1) is 7.11 Å². The van der Waals surface area contributed by atoms with Crippen molar-refractivity contribution in [1.29, 1.82) is 0 Å². The highest BCUT2D eigenvalue weighted by Crippen LogP contribution is 1.91. The van der Waals surface area contributed by atoms with Gasteiger partial charge in [0.2, 0.25) is 0 Å². The summed E-state index contributed by atoms with van der Waals surface area (Å²) in [7, 11) is 1.52. The molecular formula is C7H9N2O+. The molecule has 0 unspecified atom stereocenters. The molecule has 0 spiro atoms. The van der Waals surface area contributed by atoms with Crippen LogP contribution in [0.3, 0.4) is 0 Å². The molecule has 0 radical (unpaired) electrons. The van der Waals surface area contributed by atoms with Crippen LogP contribution in [0.25, 0.3) is 0 Å². The van der Waals surface area contributed by atoms with Crippen molar-refractivity contribution >= 4 is 5.90 Å². The largest absolute Gasteiger partial charge is 0.447 e. The summed E-state index contributed by atoms with van der Waals surface area (Å²) in [5.41, 5.74) is 0.671. The zero-order valence-corrected chi connectivity index (χ0v) is 5.74. The Kier molecular flexibility index (Phi) is 1.99. The highest BCUT2D eigenvalue weighted by Gasteiger charge is 2.04. The topological polar surface area (TPSA) is 47.7 Å². The van der Waals surface area contributed by atoms with E-state index in [1.807, 2.05) is 12.1 Å². The molecule has 0 aliphatic heterocycles. The zero-order valence-electron chi connectivity index (χ0n) is 5.74. The van der Waals surface area contributed by atoms with Crippen LogP contribution in [0, 0.1) is 0 Å². The van der Waals surface area contributed by atoms with Crippen LogP contribution in [0.5, 0.6) is 0 Å². The minimum absolute atomic E-state index is 0.348. The van der Waals surface area contributed by atoms with Crippen LogP contribution in [0.2, 0.25) is 0 Å². The van der Waals surface area contributed by atoms with Gasteiger partial charge in [-0.1, -0.05) is 6.07 Å². The van der Waals surface area contributed by atoms with E-state index in [1.165, 1.54) is 7.11 Å². The predicted molar refractivity (Wildman–Crippen MR) is 37.3 cm³/mol. The molecule has 0 atom stereocenters. The minimum atomic E-state index is 0.348. The highest BCUT2D eigenvalue weighted by molar-refractivity contribution is 5.86. The van der Waals surface area contributed by atoms with Crippen molar-refractivity contribution in [1.82, 2.24) is 4.98 Å². The number of nitrogens with zero attached hydrogens (tertiary/aromatic N) is 1. The average molecular weight is 137 g/mol. The number of methoxy groups -OCH3 is 1. The van der Waals surface area contributed by atoms with Crippen molar-refractivity contribution in [2.75, 3.05) is 7.11 Å². The summed E-state index contributed by atoms with van der Waals surface area (Å²) >= 11 is 0. The monoisotopic (exact) mass is 137 g/mol. The second-order valence-corrected chi connectivity index (χ2v) is 1.78. The van der Waals surface area contributed by atoms with E-state index in [1.54, 1.807) is 12.3 Å². The number of hydrogen-bond acceptors (Lipinski definition) is 2. The fraction of sp³-hybridized carbons (Fsp3) is 0.143. The van der Waals surface area contributed by atoms with E-state index in [-0.39, 0.29) is 0 Å². The summed E-state index contributed by atoms with van der Waals surface area (Å²) < 4.78 is 4.77. The van der Waals surface area contributed by atoms with Crippen LogP contribution >= 0.6 is 0 Å². The summed E-state index contributed by atoms with van der Waals surface area (Å²) in [6, 6.07) is 5.47. The smallest absolute Gasteiger partial charge is 0.385 e. The second kappa shape index (κ2) is 2.96. The van der Waals surface area contributed by atoms with Gasteiger partial charge in [-0.15, -0.1) is 0 Å². The Balaban J connectivity index is 2.85. The number of pyridine rings is 1. The first-order valence-corrected chi connectivity index (χ1v) is 2.92. The van der Waals surface area contributed by atoms with Gasteiger partial charge in [-0.25, -0.2) is 10.4 Å². The van der Waals surface area contributed by atoms with Gasteiger partial charge in [-0.2, -0.15) is 0 Å². The number of rotatable bonds is 1. The van der Waals surface area contributed by atoms with Crippen molar-refractivity contribution in [2.45, 2.75) is 0 Å². The molecule has 1 aromatic rings. The van der Waals surface area contributed by atoms with Crippen molar-refractivity contribution in [3.8, 4) is 0 Å². The van der Waals surface area contributed by atoms with Gasteiger partial charge in [0.25, 0.3) is 0 Å². The first-order valence-electron chi connectivity index (χ1n) is 2.92.